The fourth-order valence-electron chi connectivity index (χ4n) is 4.12. The minimum atomic E-state index is 0.0899. The van der Waals surface area contributed by atoms with Crippen LogP contribution in [0.5, 0.6) is 0 Å². The van der Waals surface area contributed by atoms with Crippen LogP contribution in [0.4, 0.5) is 0 Å². The van der Waals surface area contributed by atoms with E-state index in [9.17, 15) is 4.79 Å². The Morgan fingerprint density at radius 1 is 1.07 bits per heavy atom. The Hall–Kier alpha value is -3.54. The third kappa shape index (κ3) is 3.56. The number of hydrogen-bond acceptors (Lipinski definition) is 4. The van der Waals surface area contributed by atoms with Crippen molar-refractivity contribution in [2.45, 2.75) is 25.7 Å². The number of aryl methyl sites for hydroxylation is 1. The molecule has 150 valence electrons. The molecule has 5 rings (SSSR count). The van der Waals surface area contributed by atoms with Crippen LogP contribution in [-0.4, -0.2) is 43.5 Å². The van der Waals surface area contributed by atoms with Crippen molar-refractivity contribution in [3.8, 4) is 11.1 Å². The average molecular weight is 397 g/mol. The van der Waals surface area contributed by atoms with Crippen LogP contribution in [-0.2, 0) is 0 Å². The number of hydrogen-bond donors (Lipinski definition) is 0. The number of benzene rings is 1. The van der Waals surface area contributed by atoms with E-state index in [-0.39, 0.29) is 11.8 Å². The van der Waals surface area contributed by atoms with E-state index in [1.807, 2.05) is 65.0 Å². The summed E-state index contributed by atoms with van der Waals surface area (Å²) in [5.74, 6) is 1.05. The van der Waals surface area contributed by atoms with Crippen molar-refractivity contribution in [1.29, 1.82) is 0 Å². The van der Waals surface area contributed by atoms with E-state index in [2.05, 4.69) is 11.1 Å². The van der Waals surface area contributed by atoms with Gasteiger partial charge in [0.2, 0.25) is 0 Å². The number of piperidine rings is 1. The van der Waals surface area contributed by atoms with E-state index in [0.29, 0.717) is 6.54 Å². The summed E-state index contributed by atoms with van der Waals surface area (Å²) in [6.45, 7) is 3.44. The van der Waals surface area contributed by atoms with Gasteiger partial charge in [0, 0.05) is 48.7 Å². The third-order valence-corrected chi connectivity index (χ3v) is 5.70. The number of rotatable bonds is 3. The molecule has 0 radical (unpaired) electrons. The number of amides is 1. The molecular formula is C24H23N5O. The first kappa shape index (κ1) is 18.5. The van der Waals surface area contributed by atoms with Gasteiger partial charge in [-0.25, -0.2) is 9.50 Å². The summed E-state index contributed by atoms with van der Waals surface area (Å²) >= 11 is 0. The molecule has 6 heteroatoms. The molecule has 1 unspecified atom stereocenters. The molecule has 6 nitrogen and oxygen atoms in total. The SMILES string of the molecule is Cc1cccc(C(=O)N2CCCC(c3nc4ccc(-c5ccncc5)cn4n3)C2)c1. The lowest BCUT2D eigenvalue weighted by molar-refractivity contribution is 0.0704. The van der Waals surface area contributed by atoms with Crippen molar-refractivity contribution in [2.75, 3.05) is 13.1 Å². The van der Waals surface area contributed by atoms with E-state index in [0.717, 1.165) is 53.1 Å². The first-order valence-corrected chi connectivity index (χ1v) is 10.3. The van der Waals surface area contributed by atoms with E-state index < -0.39 is 0 Å². The highest BCUT2D eigenvalue weighted by molar-refractivity contribution is 5.94. The number of nitrogens with zero attached hydrogens (tertiary/aromatic N) is 5. The maximum Gasteiger partial charge on any atom is 0.253 e. The predicted octanol–water partition coefficient (Wildman–Crippen LogP) is 4.12. The Balaban J connectivity index is 1.39. The van der Waals surface area contributed by atoms with Crippen molar-refractivity contribution in [1.82, 2.24) is 24.5 Å². The topological polar surface area (TPSA) is 63.4 Å². The van der Waals surface area contributed by atoms with Crippen LogP contribution >= 0.6 is 0 Å². The van der Waals surface area contributed by atoms with Crippen molar-refractivity contribution in [3.05, 3.63) is 84.1 Å². The van der Waals surface area contributed by atoms with Crippen LogP contribution < -0.4 is 0 Å². The van der Waals surface area contributed by atoms with Gasteiger partial charge in [-0.15, -0.1) is 0 Å². The van der Waals surface area contributed by atoms with Crippen molar-refractivity contribution in [2.24, 2.45) is 0 Å². The van der Waals surface area contributed by atoms with Crippen LogP contribution in [0.2, 0.25) is 0 Å². The summed E-state index contributed by atoms with van der Waals surface area (Å²) in [7, 11) is 0. The molecule has 0 spiro atoms. The minimum Gasteiger partial charge on any atom is -0.338 e. The van der Waals surface area contributed by atoms with Gasteiger partial charge in [0.1, 0.15) is 0 Å². The van der Waals surface area contributed by atoms with Gasteiger partial charge in [0.15, 0.2) is 11.5 Å². The Morgan fingerprint density at radius 2 is 1.93 bits per heavy atom. The zero-order chi connectivity index (χ0) is 20.5. The molecule has 1 saturated heterocycles. The molecule has 1 aliphatic rings. The fraction of sp³-hybridized carbons (Fsp3) is 0.250. The third-order valence-electron chi connectivity index (χ3n) is 5.70. The highest BCUT2D eigenvalue weighted by atomic mass is 16.2. The molecule has 0 N–H and O–H groups in total. The number of pyridine rings is 2. The molecule has 30 heavy (non-hydrogen) atoms. The van der Waals surface area contributed by atoms with Gasteiger partial charge in [-0.3, -0.25) is 9.78 Å². The molecule has 4 aromatic rings. The van der Waals surface area contributed by atoms with Crippen LogP contribution in [0, 0.1) is 6.92 Å². The van der Waals surface area contributed by atoms with Gasteiger partial charge >= 0.3 is 0 Å². The number of likely N-dealkylation sites (tertiary alicyclic amines) is 1. The summed E-state index contributed by atoms with van der Waals surface area (Å²) in [4.78, 5) is 23.8. The molecule has 1 atom stereocenters. The number of aromatic nitrogens is 4. The van der Waals surface area contributed by atoms with E-state index in [1.165, 1.54) is 0 Å². The number of carbonyl (C=O) groups is 1. The zero-order valence-corrected chi connectivity index (χ0v) is 16.9. The molecule has 3 aromatic heterocycles. The maximum atomic E-state index is 13.0. The number of carbonyl (C=O) groups excluding carboxylic acids is 1. The van der Waals surface area contributed by atoms with Crippen molar-refractivity contribution < 1.29 is 4.79 Å². The average Bonchev–Trinajstić information content (AvgIpc) is 3.23. The maximum absolute atomic E-state index is 13.0. The summed E-state index contributed by atoms with van der Waals surface area (Å²) in [5, 5.41) is 4.76. The van der Waals surface area contributed by atoms with Gasteiger partial charge < -0.3 is 4.90 Å². The monoisotopic (exact) mass is 397 g/mol. The van der Waals surface area contributed by atoms with Gasteiger partial charge in [-0.2, -0.15) is 5.10 Å². The molecule has 1 fully saturated rings. The molecule has 1 aromatic carbocycles. The fourth-order valence-corrected chi connectivity index (χ4v) is 4.12. The van der Waals surface area contributed by atoms with Gasteiger partial charge in [0.05, 0.1) is 0 Å². The summed E-state index contributed by atoms with van der Waals surface area (Å²) in [5.41, 5.74) is 4.84. The van der Waals surface area contributed by atoms with Gasteiger partial charge in [0.25, 0.3) is 5.91 Å². The second kappa shape index (κ2) is 7.71. The second-order valence-corrected chi connectivity index (χ2v) is 7.89. The van der Waals surface area contributed by atoms with E-state index in [1.54, 1.807) is 12.4 Å². The lowest BCUT2D eigenvalue weighted by Gasteiger charge is -2.31. The molecule has 0 saturated carbocycles. The largest absolute Gasteiger partial charge is 0.338 e. The molecule has 4 heterocycles. The first-order chi connectivity index (χ1) is 14.7. The lowest BCUT2D eigenvalue weighted by atomic mass is 9.96. The Kier molecular flexibility index (Phi) is 4.75. The minimum absolute atomic E-state index is 0.0899. The molecule has 1 amide bonds. The Morgan fingerprint density at radius 3 is 2.77 bits per heavy atom. The smallest absolute Gasteiger partial charge is 0.253 e. The van der Waals surface area contributed by atoms with Crippen LogP contribution in [0.25, 0.3) is 16.8 Å². The van der Waals surface area contributed by atoms with E-state index >= 15 is 0 Å². The van der Waals surface area contributed by atoms with Crippen LogP contribution in [0.15, 0.2) is 67.1 Å². The van der Waals surface area contributed by atoms with Crippen LogP contribution in [0.3, 0.4) is 0 Å². The first-order valence-electron chi connectivity index (χ1n) is 10.3. The van der Waals surface area contributed by atoms with Gasteiger partial charge in [-0.1, -0.05) is 17.7 Å². The lowest BCUT2D eigenvalue weighted by Crippen LogP contribution is -2.39. The molecular weight excluding hydrogens is 374 g/mol. The standard InChI is InChI=1S/C24H23N5O/c1-17-4-2-5-19(14-17)24(30)28-13-3-6-21(15-28)23-26-22-8-7-20(16-29(22)27-23)18-9-11-25-12-10-18/h2,4-5,7-12,14,16,21H,3,6,13,15H2,1H3. The highest BCUT2D eigenvalue weighted by Gasteiger charge is 2.28. The predicted molar refractivity (Wildman–Crippen MR) is 115 cm³/mol. The Labute approximate surface area is 175 Å². The summed E-state index contributed by atoms with van der Waals surface area (Å²) in [6, 6.07) is 15.8. The molecule has 0 aliphatic carbocycles. The Bertz CT molecular complexity index is 1200. The molecule has 1 aliphatic heterocycles. The molecule has 0 bridgehead atoms. The van der Waals surface area contributed by atoms with Crippen molar-refractivity contribution in [3.63, 3.8) is 0 Å². The summed E-state index contributed by atoms with van der Waals surface area (Å²) < 4.78 is 1.84. The van der Waals surface area contributed by atoms with Gasteiger partial charge in [-0.05, 0) is 61.7 Å². The van der Waals surface area contributed by atoms with Crippen LogP contribution in [0.1, 0.15) is 40.5 Å². The van der Waals surface area contributed by atoms with E-state index in [4.69, 9.17) is 10.1 Å². The number of fused-ring (bicyclic) bond motifs is 1. The quantitative estimate of drug-likeness (QED) is 0.522. The van der Waals surface area contributed by atoms with Crippen molar-refractivity contribution >= 4 is 11.6 Å². The second-order valence-electron chi connectivity index (χ2n) is 7.89. The summed E-state index contributed by atoms with van der Waals surface area (Å²) in [6.07, 6.45) is 7.52. The zero-order valence-electron chi connectivity index (χ0n) is 16.9. The highest BCUT2D eigenvalue weighted by Crippen LogP contribution is 2.27. The normalized spacial score (nSPS) is 16.7.